The molecule has 8 rings (SSSR count). The Hall–Kier alpha value is -4.10. The van der Waals surface area contributed by atoms with Crippen LogP contribution in [-0.2, 0) is 19.2 Å². The van der Waals surface area contributed by atoms with Gasteiger partial charge in [0.05, 0.1) is 29.0 Å². The minimum absolute atomic E-state index is 0.0152. The van der Waals surface area contributed by atoms with Gasteiger partial charge in [-0.1, -0.05) is 85.0 Å². The lowest BCUT2D eigenvalue weighted by atomic mass is 9.88. The summed E-state index contributed by atoms with van der Waals surface area (Å²) in [5, 5.41) is 6.24. The molecular formula is C55H85ClN10O7S. The molecule has 0 saturated carbocycles. The maximum atomic E-state index is 14.9. The van der Waals surface area contributed by atoms with Crippen molar-refractivity contribution < 1.29 is 33.3 Å². The summed E-state index contributed by atoms with van der Waals surface area (Å²) in [7, 11) is 6.32. The number of piperidine rings is 2. The fraction of sp³-hybridized carbons (Fsp3) is 0.764. The van der Waals surface area contributed by atoms with Gasteiger partial charge in [0.1, 0.15) is 42.2 Å². The number of nitrogens with zero attached hydrogens (tertiary/aromatic N) is 10. The van der Waals surface area contributed by atoms with Crippen LogP contribution < -0.4 is 0 Å². The summed E-state index contributed by atoms with van der Waals surface area (Å²) < 4.78 is 6.44. The molecule has 6 amide bonds. The fourth-order valence-electron chi connectivity index (χ4n) is 12.9. The van der Waals surface area contributed by atoms with Crippen LogP contribution in [0.5, 0.6) is 0 Å². The van der Waals surface area contributed by atoms with Gasteiger partial charge in [-0.05, 0) is 128 Å². The quantitative estimate of drug-likeness (QED) is 0.157. The monoisotopic (exact) mass is 1060 g/mol. The van der Waals surface area contributed by atoms with Crippen LogP contribution in [-0.4, -0.2) is 201 Å². The number of piperazine rings is 2. The molecule has 7 unspecified atom stereocenters. The first kappa shape index (κ1) is 56.1. The van der Waals surface area contributed by atoms with Gasteiger partial charge in [0.15, 0.2) is 0 Å². The number of aromatic nitrogens is 1. The van der Waals surface area contributed by atoms with Crippen molar-refractivity contribution in [3.63, 3.8) is 0 Å². The van der Waals surface area contributed by atoms with Crippen molar-refractivity contribution in [3.05, 3.63) is 38.9 Å². The third-order valence-corrected chi connectivity index (χ3v) is 18.9. The minimum Gasteiger partial charge on any atom is -0.351 e. The van der Waals surface area contributed by atoms with Gasteiger partial charge in [-0.3, -0.25) is 33.7 Å². The Labute approximate surface area is 449 Å². The first-order valence-corrected chi connectivity index (χ1v) is 29.1. The second kappa shape index (κ2) is 23.2. The van der Waals surface area contributed by atoms with Crippen LogP contribution in [0.25, 0.3) is 0 Å². The zero-order valence-electron chi connectivity index (χ0n) is 46.2. The van der Waals surface area contributed by atoms with Gasteiger partial charge in [0.25, 0.3) is 11.8 Å². The van der Waals surface area contributed by atoms with Crippen molar-refractivity contribution in [2.75, 3.05) is 73.5 Å². The summed E-state index contributed by atoms with van der Waals surface area (Å²) in [5.41, 5.74) is 1.07. The van der Waals surface area contributed by atoms with Crippen molar-refractivity contribution in [1.29, 1.82) is 0 Å². The predicted octanol–water partition coefficient (Wildman–Crippen LogP) is 6.70. The number of thiophene rings is 1. The largest absolute Gasteiger partial charge is 0.351 e. The van der Waals surface area contributed by atoms with Crippen molar-refractivity contribution in [3.8, 4) is 0 Å². The highest BCUT2D eigenvalue weighted by molar-refractivity contribution is 7.14. The summed E-state index contributed by atoms with van der Waals surface area (Å²) in [6.45, 7) is 23.6. The van der Waals surface area contributed by atoms with E-state index in [1.807, 2.05) is 30.6 Å². The van der Waals surface area contributed by atoms with Crippen LogP contribution in [0.15, 0.2) is 22.0 Å². The van der Waals surface area contributed by atoms with Gasteiger partial charge in [-0.2, -0.15) is 0 Å². The molecule has 0 radical (unpaired) electrons. The van der Waals surface area contributed by atoms with E-state index in [4.69, 9.17) is 16.1 Å². The van der Waals surface area contributed by atoms with Crippen molar-refractivity contribution >= 4 is 58.4 Å². The summed E-state index contributed by atoms with van der Waals surface area (Å²) in [6.07, 6.45) is 4.95. The number of halogens is 1. The third-order valence-electron chi connectivity index (χ3n) is 17.8. The second-order valence-corrected chi connectivity index (χ2v) is 25.5. The zero-order valence-corrected chi connectivity index (χ0v) is 47.8. The zero-order chi connectivity index (χ0) is 53.6. The van der Waals surface area contributed by atoms with Crippen LogP contribution in [0.2, 0.25) is 4.34 Å². The standard InChI is InChI=1S/C55H85ClN10O7S/c1-13-34(7)48-54(71)61(26-37-15-18-58(10)19-16-37)30-47-64(43(22-33(5)6)52(69)66(47)48)53(70)44-25-41(57-73-44)36(9)60(12)28-40-23-38(17-20-59(40)11)27-62-29-46-63(50(67)39-24-45(56)74-31-39)42(21-32(3)4)51(68)65(46)49(55(62)72)35(8)14-2/h24-25,31-38,40,42-43,46-49H,13-23,26-30H2,1-12H3/t34?,35?,36?,38?,40?,42-,43-,46?,47?,48-,49-/m0/s1. The number of fused-ring (bicyclic) bond motifs is 2. The molecular weight excluding hydrogens is 980 g/mol. The van der Waals surface area contributed by atoms with Gasteiger partial charge in [-0.25, -0.2) is 0 Å². The molecule has 0 aliphatic carbocycles. The number of rotatable bonds is 18. The van der Waals surface area contributed by atoms with E-state index in [2.05, 4.69) is 82.5 Å². The Morgan fingerprint density at radius 2 is 1.26 bits per heavy atom. The Balaban J connectivity index is 0.968. The van der Waals surface area contributed by atoms with Gasteiger partial charge in [0, 0.05) is 37.1 Å². The van der Waals surface area contributed by atoms with Gasteiger partial charge in [0.2, 0.25) is 29.4 Å². The third kappa shape index (κ3) is 11.2. The van der Waals surface area contributed by atoms with E-state index >= 15 is 0 Å². The molecule has 8 heterocycles. The van der Waals surface area contributed by atoms with E-state index < -0.39 is 36.5 Å². The van der Waals surface area contributed by atoms with E-state index in [1.54, 1.807) is 37.1 Å². The molecule has 17 nitrogen and oxygen atoms in total. The van der Waals surface area contributed by atoms with Crippen molar-refractivity contribution in [2.24, 2.45) is 35.5 Å². The highest BCUT2D eigenvalue weighted by atomic mass is 35.5. The van der Waals surface area contributed by atoms with Crippen molar-refractivity contribution in [1.82, 2.24) is 49.3 Å². The molecule has 2 aromatic rings. The molecule has 0 N–H and O–H groups in total. The van der Waals surface area contributed by atoms with Crippen LogP contribution in [0.1, 0.15) is 146 Å². The molecule has 6 aliphatic rings. The molecule has 6 fully saturated rings. The molecule has 6 saturated heterocycles. The van der Waals surface area contributed by atoms with E-state index in [-0.39, 0.29) is 96.0 Å². The van der Waals surface area contributed by atoms with Crippen LogP contribution in [0.4, 0.5) is 0 Å². The highest BCUT2D eigenvalue weighted by Crippen LogP contribution is 2.40. The lowest BCUT2D eigenvalue weighted by Gasteiger charge is -2.48. The molecule has 410 valence electrons. The smallest absolute Gasteiger partial charge is 0.294 e. The lowest BCUT2D eigenvalue weighted by molar-refractivity contribution is -0.157. The summed E-state index contributed by atoms with van der Waals surface area (Å²) in [5.74, 6) is -0.278. The SMILES string of the molecule is CCC(C)[C@H]1C(=O)N(CC2CCN(C)C(CN(C)C(C)c3cc(C(=O)N4C5CN(CC6CCN(C)CC6)C(=O)[C@H](C(C)CC)N5C(=O)[C@@H]4CC(C)C)on3)C2)CC2N1C(=O)[C@H](CC(C)C)N2C(=O)c1csc(Cl)c1. The van der Waals surface area contributed by atoms with E-state index in [0.29, 0.717) is 60.4 Å². The Morgan fingerprint density at radius 3 is 1.76 bits per heavy atom. The Bertz CT molecular complexity index is 2350. The van der Waals surface area contributed by atoms with Gasteiger partial charge >= 0.3 is 0 Å². The Morgan fingerprint density at radius 1 is 0.743 bits per heavy atom. The summed E-state index contributed by atoms with van der Waals surface area (Å²) >= 11 is 7.62. The number of hydrogen-bond donors (Lipinski definition) is 0. The van der Waals surface area contributed by atoms with Crippen LogP contribution in [0, 0.1) is 35.5 Å². The molecule has 74 heavy (non-hydrogen) atoms. The number of amides is 6. The number of carbonyl (C=O) groups is 6. The van der Waals surface area contributed by atoms with Crippen LogP contribution in [0.3, 0.4) is 0 Å². The summed E-state index contributed by atoms with van der Waals surface area (Å²) in [4.78, 5) is 105. The predicted molar refractivity (Wildman–Crippen MR) is 286 cm³/mol. The molecule has 0 spiro atoms. The highest BCUT2D eigenvalue weighted by Gasteiger charge is 2.59. The van der Waals surface area contributed by atoms with E-state index in [0.717, 1.165) is 51.7 Å². The summed E-state index contributed by atoms with van der Waals surface area (Å²) in [6, 6.07) is 0.612. The number of carbonyl (C=O) groups excluding carboxylic acids is 6. The number of likely N-dealkylation sites (N-methyl/N-ethyl adjacent to an activating group) is 2. The number of hydrogen-bond acceptors (Lipinski definition) is 12. The average Bonchev–Trinajstić information content (AvgIpc) is 4.15. The number of likely N-dealkylation sites (tertiary alicyclic amines) is 2. The molecule has 6 aliphatic heterocycles. The molecule has 11 atom stereocenters. The molecule has 0 bridgehead atoms. The average molecular weight is 1070 g/mol. The molecule has 19 heteroatoms. The molecule has 0 aromatic carbocycles. The minimum atomic E-state index is -0.728. The fourth-order valence-corrected chi connectivity index (χ4v) is 13.8. The van der Waals surface area contributed by atoms with Crippen LogP contribution >= 0.6 is 22.9 Å². The molecule has 2 aromatic heterocycles. The van der Waals surface area contributed by atoms with Gasteiger partial charge in [-0.15, -0.1) is 11.3 Å². The van der Waals surface area contributed by atoms with E-state index in [9.17, 15) is 28.8 Å². The van der Waals surface area contributed by atoms with Crippen molar-refractivity contribution in [2.45, 2.75) is 162 Å². The maximum Gasteiger partial charge on any atom is 0.294 e. The first-order valence-electron chi connectivity index (χ1n) is 27.8. The second-order valence-electron chi connectivity index (χ2n) is 24.0. The normalized spacial score (nSPS) is 28.9. The maximum absolute atomic E-state index is 14.9. The van der Waals surface area contributed by atoms with E-state index in [1.165, 1.54) is 11.3 Å². The lowest BCUT2D eigenvalue weighted by Crippen LogP contribution is -2.66. The Kier molecular flexibility index (Phi) is 17.6. The first-order chi connectivity index (χ1) is 35.1. The topological polar surface area (TPSA) is 158 Å². The van der Waals surface area contributed by atoms with Gasteiger partial charge < -0.3 is 43.7 Å².